The van der Waals surface area contributed by atoms with E-state index in [1.807, 2.05) is 0 Å². The lowest BCUT2D eigenvalue weighted by Gasteiger charge is -2.14. The summed E-state index contributed by atoms with van der Waals surface area (Å²) in [6.45, 7) is 1.67. The third-order valence-corrected chi connectivity index (χ3v) is 3.78. The van der Waals surface area contributed by atoms with Crippen LogP contribution in [0.15, 0.2) is 28.9 Å². The van der Waals surface area contributed by atoms with Crippen LogP contribution in [0.2, 0.25) is 0 Å². The highest BCUT2D eigenvalue weighted by Crippen LogP contribution is 2.38. The van der Waals surface area contributed by atoms with Crippen molar-refractivity contribution in [2.24, 2.45) is 0 Å². The average molecular weight is 362 g/mol. The zero-order valence-electron chi connectivity index (χ0n) is 15.2. The SMILES string of the molecule is COc1cc(CCC(=O)NNC(=O)c2ccoc2C)cc(OC)c1OC. The number of furan rings is 1. The highest BCUT2D eigenvalue weighted by molar-refractivity contribution is 5.96. The Labute approximate surface area is 151 Å². The van der Waals surface area contributed by atoms with Gasteiger partial charge in [0.2, 0.25) is 11.7 Å². The van der Waals surface area contributed by atoms with Gasteiger partial charge in [-0.1, -0.05) is 0 Å². The highest BCUT2D eigenvalue weighted by Gasteiger charge is 2.15. The number of carbonyl (C=O) groups is 2. The van der Waals surface area contributed by atoms with Crippen molar-refractivity contribution in [2.45, 2.75) is 19.8 Å². The highest BCUT2D eigenvalue weighted by atomic mass is 16.5. The Morgan fingerprint density at radius 2 is 1.69 bits per heavy atom. The van der Waals surface area contributed by atoms with Gasteiger partial charge in [0, 0.05) is 6.42 Å². The molecule has 0 atom stereocenters. The number of carbonyl (C=O) groups excluding carboxylic acids is 2. The number of hydrogen-bond donors (Lipinski definition) is 2. The van der Waals surface area contributed by atoms with E-state index >= 15 is 0 Å². The van der Waals surface area contributed by atoms with Crippen molar-refractivity contribution in [1.29, 1.82) is 0 Å². The van der Waals surface area contributed by atoms with Gasteiger partial charge < -0.3 is 18.6 Å². The van der Waals surface area contributed by atoms with Gasteiger partial charge >= 0.3 is 0 Å². The summed E-state index contributed by atoms with van der Waals surface area (Å²) in [4.78, 5) is 23.9. The predicted molar refractivity (Wildman–Crippen MR) is 93.5 cm³/mol. The standard InChI is InChI=1S/C18H22N2O6/c1-11-13(7-8-26-11)18(22)20-19-16(21)6-5-12-9-14(23-2)17(25-4)15(10-12)24-3/h7-10H,5-6H2,1-4H3,(H,19,21)(H,20,22). The number of methoxy groups -OCH3 is 3. The van der Waals surface area contributed by atoms with Crippen molar-refractivity contribution in [2.75, 3.05) is 21.3 Å². The molecular weight excluding hydrogens is 340 g/mol. The van der Waals surface area contributed by atoms with Crippen molar-refractivity contribution < 1.29 is 28.2 Å². The van der Waals surface area contributed by atoms with Crippen molar-refractivity contribution >= 4 is 11.8 Å². The summed E-state index contributed by atoms with van der Waals surface area (Å²) < 4.78 is 20.9. The number of hydrazine groups is 1. The number of hydrogen-bond acceptors (Lipinski definition) is 6. The van der Waals surface area contributed by atoms with Gasteiger partial charge in [0.1, 0.15) is 5.76 Å². The van der Waals surface area contributed by atoms with Gasteiger partial charge in [0.25, 0.3) is 5.91 Å². The van der Waals surface area contributed by atoms with Gasteiger partial charge in [-0.2, -0.15) is 0 Å². The maximum absolute atomic E-state index is 12.0. The van der Waals surface area contributed by atoms with Gasteiger partial charge in [-0.3, -0.25) is 20.4 Å². The van der Waals surface area contributed by atoms with Crippen LogP contribution >= 0.6 is 0 Å². The van der Waals surface area contributed by atoms with Crippen LogP contribution in [0.5, 0.6) is 17.2 Å². The molecule has 0 saturated carbocycles. The smallest absolute Gasteiger partial charge is 0.273 e. The summed E-state index contributed by atoms with van der Waals surface area (Å²) in [5, 5.41) is 0. The summed E-state index contributed by atoms with van der Waals surface area (Å²) in [5.74, 6) is 1.25. The molecule has 0 aliphatic heterocycles. The van der Waals surface area contributed by atoms with Crippen LogP contribution in [-0.2, 0) is 11.2 Å². The molecule has 0 aliphatic rings. The summed E-state index contributed by atoms with van der Waals surface area (Å²) in [7, 11) is 4.58. The first-order chi connectivity index (χ1) is 12.5. The second kappa shape index (κ2) is 8.80. The number of amides is 2. The van der Waals surface area contributed by atoms with Gasteiger partial charge in [-0.05, 0) is 37.1 Å². The predicted octanol–water partition coefficient (Wildman–Crippen LogP) is 2.01. The molecule has 1 aromatic heterocycles. The minimum absolute atomic E-state index is 0.170. The largest absolute Gasteiger partial charge is 0.493 e. The van der Waals surface area contributed by atoms with Crippen LogP contribution < -0.4 is 25.1 Å². The van der Waals surface area contributed by atoms with Gasteiger partial charge in [0.05, 0.1) is 33.2 Å². The molecule has 1 aromatic carbocycles. The van der Waals surface area contributed by atoms with E-state index in [0.29, 0.717) is 35.0 Å². The molecule has 1 heterocycles. The zero-order chi connectivity index (χ0) is 19.1. The molecule has 26 heavy (non-hydrogen) atoms. The first-order valence-electron chi connectivity index (χ1n) is 7.92. The molecule has 0 fully saturated rings. The average Bonchev–Trinajstić information content (AvgIpc) is 3.09. The molecule has 0 saturated heterocycles. The van der Waals surface area contributed by atoms with E-state index < -0.39 is 5.91 Å². The van der Waals surface area contributed by atoms with Crippen LogP contribution in [0, 0.1) is 6.92 Å². The second-order valence-corrected chi connectivity index (χ2v) is 5.43. The number of rotatable bonds is 7. The molecule has 2 rings (SSSR count). The zero-order valence-corrected chi connectivity index (χ0v) is 15.2. The number of ether oxygens (including phenoxy) is 3. The van der Waals surface area contributed by atoms with Gasteiger partial charge in [-0.25, -0.2) is 0 Å². The lowest BCUT2D eigenvalue weighted by Crippen LogP contribution is -2.41. The topological polar surface area (TPSA) is 99.0 Å². The number of nitrogens with one attached hydrogen (secondary N) is 2. The second-order valence-electron chi connectivity index (χ2n) is 5.43. The summed E-state index contributed by atoms with van der Waals surface area (Å²) in [6.07, 6.45) is 2.02. The quantitative estimate of drug-likeness (QED) is 0.731. The molecule has 0 radical (unpaired) electrons. The van der Waals surface area contributed by atoms with Gasteiger partial charge in [-0.15, -0.1) is 0 Å². The van der Waals surface area contributed by atoms with Crippen LogP contribution in [0.1, 0.15) is 28.1 Å². The monoisotopic (exact) mass is 362 g/mol. The van der Waals surface area contributed by atoms with Crippen LogP contribution in [-0.4, -0.2) is 33.1 Å². The molecule has 140 valence electrons. The molecule has 2 amide bonds. The van der Waals surface area contributed by atoms with Crippen molar-refractivity contribution in [3.63, 3.8) is 0 Å². The normalized spacial score (nSPS) is 10.2. The van der Waals surface area contributed by atoms with Crippen molar-refractivity contribution in [1.82, 2.24) is 10.9 Å². The van der Waals surface area contributed by atoms with Crippen molar-refractivity contribution in [3.05, 3.63) is 41.3 Å². The lowest BCUT2D eigenvalue weighted by molar-refractivity contribution is -0.121. The van der Waals surface area contributed by atoms with E-state index in [-0.39, 0.29) is 12.3 Å². The minimum Gasteiger partial charge on any atom is -0.493 e. The summed E-state index contributed by atoms with van der Waals surface area (Å²) in [5.41, 5.74) is 5.95. The first-order valence-corrected chi connectivity index (χ1v) is 7.92. The van der Waals surface area contributed by atoms with E-state index in [9.17, 15) is 9.59 Å². The molecule has 0 aliphatic carbocycles. The lowest BCUT2D eigenvalue weighted by atomic mass is 10.1. The maximum atomic E-state index is 12.0. The summed E-state index contributed by atoms with van der Waals surface area (Å²) in [6, 6.07) is 5.09. The Morgan fingerprint density at radius 3 is 2.19 bits per heavy atom. The fourth-order valence-corrected chi connectivity index (χ4v) is 2.41. The van der Waals surface area contributed by atoms with Crippen LogP contribution in [0.3, 0.4) is 0 Å². The van der Waals surface area contributed by atoms with Crippen molar-refractivity contribution in [3.8, 4) is 17.2 Å². The molecule has 2 aromatic rings. The Kier molecular flexibility index (Phi) is 6.48. The van der Waals surface area contributed by atoms with E-state index in [1.54, 1.807) is 19.1 Å². The number of benzene rings is 1. The molecule has 8 nitrogen and oxygen atoms in total. The molecule has 8 heteroatoms. The Hall–Kier alpha value is -3.16. The fraction of sp³-hybridized carbons (Fsp3) is 0.333. The third kappa shape index (κ3) is 4.47. The van der Waals surface area contributed by atoms with E-state index in [4.69, 9.17) is 18.6 Å². The Balaban J connectivity index is 1.93. The van der Waals surface area contributed by atoms with E-state index in [1.165, 1.54) is 33.7 Å². The number of aryl methyl sites for hydroxylation is 2. The molecule has 0 bridgehead atoms. The van der Waals surface area contributed by atoms with Crippen LogP contribution in [0.4, 0.5) is 0 Å². The Morgan fingerprint density at radius 1 is 1.04 bits per heavy atom. The fourth-order valence-electron chi connectivity index (χ4n) is 2.41. The molecular formula is C18H22N2O6. The Bertz CT molecular complexity index is 759. The van der Waals surface area contributed by atoms with E-state index in [2.05, 4.69) is 10.9 Å². The first kappa shape index (κ1) is 19.2. The van der Waals surface area contributed by atoms with Crippen LogP contribution in [0.25, 0.3) is 0 Å². The maximum Gasteiger partial charge on any atom is 0.273 e. The minimum atomic E-state index is -0.433. The molecule has 2 N–H and O–H groups in total. The molecule has 0 spiro atoms. The van der Waals surface area contributed by atoms with Gasteiger partial charge in [0.15, 0.2) is 11.5 Å². The van der Waals surface area contributed by atoms with E-state index in [0.717, 1.165) is 5.56 Å². The molecule has 0 unspecified atom stereocenters. The third-order valence-electron chi connectivity index (χ3n) is 3.78. The summed E-state index contributed by atoms with van der Waals surface area (Å²) >= 11 is 0.